The number of nitrogens with zero attached hydrogens (tertiary/aromatic N) is 3. The van der Waals surface area contributed by atoms with E-state index < -0.39 is 0 Å². The zero-order chi connectivity index (χ0) is 15.0. The van der Waals surface area contributed by atoms with Crippen LogP contribution in [0.25, 0.3) is 11.1 Å². The van der Waals surface area contributed by atoms with E-state index in [1.807, 2.05) is 45.9 Å². The summed E-state index contributed by atoms with van der Waals surface area (Å²) in [6.07, 6.45) is 0. The molecule has 0 spiro atoms. The van der Waals surface area contributed by atoms with Crippen molar-refractivity contribution in [2.24, 2.45) is 0 Å². The molecule has 0 fully saturated rings. The summed E-state index contributed by atoms with van der Waals surface area (Å²) in [5.41, 5.74) is 2.55. The van der Waals surface area contributed by atoms with Gasteiger partial charge in [0.15, 0.2) is 17.3 Å². The van der Waals surface area contributed by atoms with Gasteiger partial charge in [-0.15, -0.1) is 0 Å². The van der Waals surface area contributed by atoms with Crippen molar-refractivity contribution in [3.05, 3.63) is 35.8 Å². The first-order chi connectivity index (χ1) is 10.0. The highest BCUT2D eigenvalue weighted by Gasteiger charge is 2.16. The minimum atomic E-state index is -0.0737. The second-order valence-corrected chi connectivity index (χ2v) is 5.43. The quantitative estimate of drug-likeness (QED) is 0.785. The Morgan fingerprint density at radius 3 is 2.67 bits per heavy atom. The molecule has 1 N–H and O–H groups in total. The zero-order valence-electron chi connectivity index (χ0n) is 12.5. The maximum absolute atomic E-state index is 5.46. The molecule has 0 aliphatic rings. The van der Waals surface area contributed by atoms with Gasteiger partial charge in [-0.2, -0.15) is 4.98 Å². The molecule has 3 aromatic rings. The van der Waals surface area contributed by atoms with Crippen molar-refractivity contribution in [2.75, 3.05) is 5.32 Å². The number of aromatic nitrogens is 3. The normalized spacial score (nSPS) is 13.0. The molecule has 0 radical (unpaired) electrons. The summed E-state index contributed by atoms with van der Waals surface area (Å²) >= 11 is 0. The van der Waals surface area contributed by atoms with Crippen molar-refractivity contribution in [3.8, 4) is 0 Å². The SMILES string of the molecule is Cc1nc2cc(N[C@@H](C)c3nc(C(C)C)no3)ccc2o1. The van der Waals surface area contributed by atoms with Crippen molar-refractivity contribution in [1.29, 1.82) is 0 Å². The summed E-state index contributed by atoms with van der Waals surface area (Å²) < 4.78 is 10.8. The third-order valence-electron chi connectivity index (χ3n) is 3.22. The van der Waals surface area contributed by atoms with Crippen molar-refractivity contribution in [1.82, 2.24) is 15.1 Å². The average Bonchev–Trinajstić information content (AvgIpc) is 3.03. The van der Waals surface area contributed by atoms with Gasteiger partial charge in [-0.1, -0.05) is 19.0 Å². The number of fused-ring (bicyclic) bond motifs is 1. The minimum absolute atomic E-state index is 0.0737. The molecule has 1 atom stereocenters. The number of benzene rings is 1. The molecular formula is C15H18N4O2. The molecule has 6 nitrogen and oxygen atoms in total. The molecule has 0 unspecified atom stereocenters. The first-order valence-corrected chi connectivity index (χ1v) is 7.00. The van der Waals surface area contributed by atoms with Gasteiger partial charge in [0.25, 0.3) is 0 Å². The molecule has 0 aliphatic heterocycles. The van der Waals surface area contributed by atoms with Crippen molar-refractivity contribution < 1.29 is 8.94 Å². The maximum atomic E-state index is 5.46. The van der Waals surface area contributed by atoms with Gasteiger partial charge >= 0.3 is 0 Å². The second-order valence-electron chi connectivity index (χ2n) is 5.43. The summed E-state index contributed by atoms with van der Waals surface area (Å²) in [6, 6.07) is 5.72. The highest BCUT2D eigenvalue weighted by Crippen LogP contribution is 2.23. The van der Waals surface area contributed by atoms with Gasteiger partial charge in [-0.3, -0.25) is 0 Å². The molecule has 21 heavy (non-hydrogen) atoms. The van der Waals surface area contributed by atoms with E-state index in [2.05, 4.69) is 20.4 Å². The van der Waals surface area contributed by atoms with E-state index in [0.29, 0.717) is 11.8 Å². The Labute approximate surface area is 122 Å². The number of nitrogens with one attached hydrogen (secondary N) is 1. The molecule has 0 bridgehead atoms. The number of rotatable bonds is 4. The summed E-state index contributed by atoms with van der Waals surface area (Å²) in [5.74, 6) is 2.22. The number of aryl methyl sites for hydroxylation is 1. The van der Waals surface area contributed by atoms with Crippen LogP contribution in [0.1, 0.15) is 50.3 Å². The molecule has 3 rings (SSSR count). The van der Waals surface area contributed by atoms with Crippen LogP contribution < -0.4 is 5.32 Å². The smallest absolute Gasteiger partial charge is 0.248 e. The van der Waals surface area contributed by atoms with E-state index in [1.165, 1.54) is 0 Å². The topological polar surface area (TPSA) is 77.0 Å². The van der Waals surface area contributed by atoms with Gasteiger partial charge in [0, 0.05) is 18.5 Å². The van der Waals surface area contributed by atoms with E-state index in [4.69, 9.17) is 8.94 Å². The van der Waals surface area contributed by atoms with Crippen LogP contribution in [0.5, 0.6) is 0 Å². The number of hydrogen-bond acceptors (Lipinski definition) is 6. The van der Waals surface area contributed by atoms with Crippen molar-refractivity contribution in [2.45, 2.75) is 39.7 Å². The van der Waals surface area contributed by atoms with Crippen LogP contribution in [0.15, 0.2) is 27.1 Å². The lowest BCUT2D eigenvalue weighted by Crippen LogP contribution is -2.07. The van der Waals surface area contributed by atoms with Crippen LogP contribution >= 0.6 is 0 Å². The average molecular weight is 286 g/mol. The van der Waals surface area contributed by atoms with Crippen molar-refractivity contribution in [3.63, 3.8) is 0 Å². The van der Waals surface area contributed by atoms with Crippen LogP contribution in [0.3, 0.4) is 0 Å². The lowest BCUT2D eigenvalue weighted by molar-refractivity contribution is 0.361. The van der Waals surface area contributed by atoms with Gasteiger partial charge in [-0.25, -0.2) is 4.98 Å². The molecule has 2 aromatic heterocycles. The Morgan fingerprint density at radius 1 is 1.14 bits per heavy atom. The summed E-state index contributed by atoms with van der Waals surface area (Å²) in [7, 11) is 0. The molecule has 2 heterocycles. The van der Waals surface area contributed by atoms with Gasteiger partial charge in [0.05, 0.1) is 0 Å². The van der Waals surface area contributed by atoms with E-state index in [1.54, 1.807) is 0 Å². The number of anilines is 1. The van der Waals surface area contributed by atoms with Crippen LogP contribution in [0.2, 0.25) is 0 Å². The lowest BCUT2D eigenvalue weighted by Gasteiger charge is -2.10. The number of oxazole rings is 1. The van der Waals surface area contributed by atoms with E-state index in [9.17, 15) is 0 Å². The maximum Gasteiger partial charge on any atom is 0.248 e. The standard InChI is InChI=1S/C15H18N4O2/c1-8(2)14-18-15(21-19-14)9(3)16-11-5-6-13-12(7-11)17-10(4)20-13/h5-9,16H,1-4H3/t9-/m0/s1. The molecule has 6 heteroatoms. The van der Waals surface area contributed by atoms with E-state index in [-0.39, 0.29) is 12.0 Å². The van der Waals surface area contributed by atoms with Gasteiger partial charge < -0.3 is 14.3 Å². The van der Waals surface area contributed by atoms with Crippen molar-refractivity contribution >= 4 is 16.8 Å². The lowest BCUT2D eigenvalue weighted by atomic mass is 10.2. The predicted molar refractivity (Wildman–Crippen MR) is 79.2 cm³/mol. The predicted octanol–water partition coefficient (Wildman–Crippen LogP) is 3.82. The van der Waals surface area contributed by atoms with Crippen LogP contribution in [0, 0.1) is 6.92 Å². The van der Waals surface area contributed by atoms with Crippen LogP contribution in [-0.4, -0.2) is 15.1 Å². The van der Waals surface area contributed by atoms with E-state index >= 15 is 0 Å². The Hall–Kier alpha value is -2.37. The summed E-state index contributed by atoms with van der Waals surface area (Å²) in [4.78, 5) is 8.72. The minimum Gasteiger partial charge on any atom is -0.441 e. The van der Waals surface area contributed by atoms with Crippen LogP contribution in [0.4, 0.5) is 5.69 Å². The molecule has 110 valence electrons. The number of hydrogen-bond donors (Lipinski definition) is 1. The Kier molecular flexibility index (Phi) is 3.37. The Balaban J connectivity index is 1.79. The highest BCUT2D eigenvalue weighted by atomic mass is 16.5. The second kappa shape index (κ2) is 5.20. The fourth-order valence-corrected chi connectivity index (χ4v) is 2.10. The molecule has 0 saturated heterocycles. The third kappa shape index (κ3) is 2.74. The first kappa shape index (κ1) is 13.6. The molecular weight excluding hydrogens is 268 g/mol. The Morgan fingerprint density at radius 2 is 1.95 bits per heavy atom. The van der Waals surface area contributed by atoms with Gasteiger partial charge in [0.1, 0.15) is 11.6 Å². The summed E-state index contributed by atoms with van der Waals surface area (Å²) in [6.45, 7) is 7.89. The van der Waals surface area contributed by atoms with Crippen LogP contribution in [-0.2, 0) is 0 Å². The molecule has 0 aliphatic carbocycles. The van der Waals surface area contributed by atoms with E-state index in [0.717, 1.165) is 22.6 Å². The molecule has 1 aromatic carbocycles. The molecule has 0 amide bonds. The fourth-order valence-electron chi connectivity index (χ4n) is 2.10. The summed E-state index contributed by atoms with van der Waals surface area (Å²) in [5, 5.41) is 7.31. The zero-order valence-corrected chi connectivity index (χ0v) is 12.5. The third-order valence-corrected chi connectivity index (χ3v) is 3.22. The first-order valence-electron chi connectivity index (χ1n) is 7.00. The Bertz CT molecular complexity index is 760. The largest absolute Gasteiger partial charge is 0.441 e. The fraction of sp³-hybridized carbons (Fsp3) is 0.400. The van der Waals surface area contributed by atoms with Gasteiger partial charge in [0.2, 0.25) is 5.89 Å². The molecule has 0 saturated carbocycles. The monoisotopic (exact) mass is 286 g/mol. The highest BCUT2D eigenvalue weighted by molar-refractivity contribution is 5.77. The van der Waals surface area contributed by atoms with Gasteiger partial charge in [-0.05, 0) is 25.1 Å².